The minimum atomic E-state index is -4.71. The summed E-state index contributed by atoms with van der Waals surface area (Å²) in [4.78, 5) is 9.62. The number of rotatable bonds is 4. The molecule has 1 heterocycles. The molecule has 0 amide bonds. The van der Waals surface area contributed by atoms with Crippen LogP contribution in [0.15, 0.2) is 34.9 Å². The topological polar surface area (TPSA) is 78.4 Å². The molecule has 0 saturated carbocycles. The van der Waals surface area contributed by atoms with Crippen molar-refractivity contribution in [2.45, 2.75) is 6.18 Å². The molecular formula is C13H9F3N2O4. The molecule has 0 fully saturated rings. The van der Waals surface area contributed by atoms with E-state index in [1.807, 2.05) is 0 Å². The van der Waals surface area contributed by atoms with Gasteiger partial charge in [-0.2, -0.15) is 13.2 Å². The second kappa shape index (κ2) is 5.88. The first-order valence-corrected chi connectivity index (χ1v) is 5.86. The van der Waals surface area contributed by atoms with Crippen molar-refractivity contribution in [1.29, 1.82) is 0 Å². The van der Waals surface area contributed by atoms with Crippen LogP contribution in [0.4, 0.5) is 19.0 Å². The van der Waals surface area contributed by atoms with Crippen molar-refractivity contribution in [3.63, 3.8) is 0 Å². The highest BCUT2D eigenvalue weighted by Crippen LogP contribution is 2.39. The highest BCUT2D eigenvalue weighted by atomic mass is 19.4. The highest BCUT2D eigenvalue weighted by Gasteiger charge is 2.37. The number of allylic oxidation sites excluding steroid dienone is 1. The molecule has 0 bridgehead atoms. The number of hydrogen-bond donors (Lipinski definition) is 0. The normalized spacial score (nSPS) is 12.3. The first-order chi connectivity index (χ1) is 10.3. The Hall–Kier alpha value is -2.84. The van der Waals surface area contributed by atoms with Crippen molar-refractivity contribution in [2.24, 2.45) is 0 Å². The number of ether oxygens (including phenoxy) is 1. The predicted octanol–water partition coefficient (Wildman–Crippen LogP) is 3.69. The first-order valence-electron chi connectivity index (χ1n) is 5.86. The van der Waals surface area contributed by atoms with Gasteiger partial charge in [0.25, 0.3) is 0 Å². The Morgan fingerprint density at radius 3 is 2.64 bits per heavy atom. The van der Waals surface area contributed by atoms with Crippen LogP contribution in [0.3, 0.4) is 0 Å². The van der Waals surface area contributed by atoms with Crippen molar-refractivity contribution >= 4 is 17.5 Å². The van der Waals surface area contributed by atoms with Gasteiger partial charge in [-0.05, 0) is 17.1 Å². The number of nitrogens with zero attached hydrogens (tertiary/aromatic N) is 2. The van der Waals surface area contributed by atoms with E-state index in [9.17, 15) is 23.3 Å². The van der Waals surface area contributed by atoms with E-state index >= 15 is 0 Å². The van der Waals surface area contributed by atoms with E-state index in [0.29, 0.717) is 6.08 Å². The van der Waals surface area contributed by atoms with Crippen LogP contribution in [0.5, 0.6) is 5.75 Å². The molecule has 0 saturated heterocycles. The molecule has 0 spiro atoms. The van der Waals surface area contributed by atoms with Crippen molar-refractivity contribution in [3.05, 3.63) is 51.8 Å². The average Bonchev–Trinajstić information content (AvgIpc) is 2.92. The largest absolute Gasteiger partial charge is 0.496 e. The van der Waals surface area contributed by atoms with Gasteiger partial charge in [0.05, 0.1) is 18.7 Å². The average molecular weight is 314 g/mol. The van der Waals surface area contributed by atoms with Crippen molar-refractivity contribution in [1.82, 2.24) is 5.16 Å². The van der Waals surface area contributed by atoms with Gasteiger partial charge in [-0.25, -0.2) is 0 Å². The summed E-state index contributed by atoms with van der Waals surface area (Å²) >= 11 is 0. The summed E-state index contributed by atoms with van der Waals surface area (Å²) in [6.07, 6.45) is -4.08. The van der Waals surface area contributed by atoms with Crippen LogP contribution in [0.2, 0.25) is 0 Å². The summed E-state index contributed by atoms with van der Waals surface area (Å²) < 4.78 is 49.2. The van der Waals surface area contributed by atoms with E-state index in [1.54, 1.807) is 0 Å². The third-order valence-corrected chi connectivity index (χ3v) is 2.69. The van der Waals surface area contributed by atoms with Gasteiger partial charge in [-0.15, -0.1) is 0 Å². The lowest BCUT2D eigenvalue weighted by molar-refractivity contribution is -0.390. The van der Waals surface area contributed by atoms with Crippen LogP contribution < -0.4 is 4.74 Å². The summed E-state index contributed by atoms with van der Waals surface area (Å²) in [5, 5.41) is 13.6. The molecule has 0 unspecified atom stereocenters. The Morgan fingerprint density at radius 2 is 2.09 bits per heavy atom. The summed E-state index contributed by atoms with van der Waals surface area (Å²) in [6, 6.07) is 6.34. The molecule has 22 heavy (non-hydrogen) atoms. The van der Waals surface area contributed by atoms with Crippen LogP contribution in [-0.2, 0) is 0 Å². The molecule has 1 aromatic carbocycles. The standard InChI is InChI=1S/C13H9F3N2O4/c1-21-11-5-3-2-4-9(11)10(13(14,15)16)6-8-7-12(17-22-8)18(19)20/h2-7H,1H3. The second-order valence-electron chi connectivity index (χ2n) is 4.10. The molecule has 0 aliphatic heterocycles. The number of benzene rings is 1. The first kappa shape index (κ1) is 15.5. The molecule has 0 aliphatic rings. The maximum atomic E-state index is 13.3. The summed E-state index contributed by atoms with van der Waals surface area (Å²) in [7, 11) is 1.24. The summed E-state index contributed by atoms with van der Waals surface area (Å²) in [5.74, 6) is -1.04. The number of hydrogen-bond acceptors (Lipinski definition) is 5. The molecule has 0 radical (unpaired) electrons. The number of methoxy groups -OCH3 is 1. The number of nitro groups is 1. The van der Waals surface area contributed by atoms with E-state index in [2.05, 4.69) is 9.68 Å². The lowest BCUT2D eigenvalue weighted by Gasteiger charge is -2.14. The molecule has 1 aromatic heterocycles. The van der Waals surface area contributed by atoms with E-state index in [4.69, 9.17) is 4.74 Å². The van der Waals surface area contributed by atoms with E-state index < -0.39 is 22.5 Å². The minimum absolute atomic E-state index is 0.0140. The Bertz CT molecular complexity index is 722. The van der Waals surface area contributed by atoms with Crippen LogP contribution in [0.25, 0.3) is 11.6 Å². The fourth-order valence-corrected chi connectivity index (χ4v) is 1.76. The Kier molecular flexibility index (Phi) is 4.15. The van der Waals surface area contributed by atoms with Gasteiger partial charge in [-0.1, -0.05) is 18.2 Å². The summed E-state index contributed by atoms with van der Waals surface area (Å²) in [5.41, 5.74) is -1.27. The zero-order chi connectivity index (χ0) is 16.3. The Balaban J connectivity index is 2.55. The van der Waals surface area contributed by atoms with E-state index in [-0.39, 0.29) is 17.1 Å². The predicted molar refractivity (Wildman–Crippen MR) is 70.1 cm³/mol. The van der Waals surface area contributed by atoms with E-state index in [1.165, 1.54) is 31.4 Å². The lowest BCUT2D eigenvalue weighted by Crippen LogP contribution is -2.11. The molecule has 0 atom stereocenters. The van der Waals surface area contributed by atoms with Gasteiger partial charge >= 0.3 is 12.0 Å². The third-order valence-electron chi connectivity index (χ3n) is 2.69. The van der Waals surface area contributed by atoms with Crippen LogP contribution >= 0.6 is 0 Å². The van der Waals surface area contributed by atoms with Crippen molar-refractivity contribution in [3.8, 4) is 5.75 Å². The molecule has 116 valence electrons. The Morgan fingerprint density at radius 1 is 1.41 bits per heavy atom. The second-order valence-corrected chi connectivity index (χ2v) is 4.10. The smallest absolute Gasteiger partial charge is 0.417 e. The molecule has 2 aromatic rings. The zero-order valence-corrected chi connectivity index (χ0v) is 11.1. The number of aromatic nitrogens is 1. The fourth-order valence-electron chi connectivity index (χ4n) is 1.76. The van der Waals surface area contributed by atoms with Gasteiger partial charge in [0.2, 0.25) is 0 Å². The molecule has 0 aliphatic carbocycles. The summed E-state index contributed by atoms with van der Waals surface area (Å²) in [6.45, 7) is 0. The van der Waals surface area contributed by atoms with Crippen molar-refractivity contribution in [2.75, 3.05) is 7.11 Å². The molecule has 0 N–H and O–H groups in total. The highest BCUT2D eigenvalue weighted by molar-refractivity contribution is 5.85. The van der Waals surface area contributed by atoms with Crippen LogP contribution in [0.1, 0.15) is 11.3 Å². The number of halogens is 3. The SMILES string of the molecule is COc1ccccc1C(=Cc1cc([N+](=O)[O-])no1)C(F)(F)F. The monoisotopic (exact) mass is 314 g/mol. The zero-order valence-electron chi connectivity index (χ0n) is 11.1. The number of alkyl halides is 3. The van der Waals surface area contributed by atoms with Gasteiger partial charge in [-0.3, -0.25) is 4.52 Å². The van der Waals surface area contributed by atoms with E-state index in [0.717, 1.165) is 6.07 Å². The van der Waals surface area contributed by atoms with Gasteiger partial charge in [0, 0.05) is 5.56 Å². The van der Waals surface area contributed by atoms with Crippen molar-refractivity contribution < 1.29 is 27.4 Å². The number of para-hydroxylation sites is 1. The van der Waals surface area contributed by atoms with Gasteiger partial charge in [0.1, 0.15) is 5.75 Å². The van der Waals surface area contributed by atoms with Gasteiger partial charge < -0.3 is 14.9 Å². The molecule has 6 nitrogen and oxygen atoms in total. The van der Waals surface area contributed by atoms with Crippen LogP contribution in [-0.4, -0.2) is 23.4 Å². The van der Waals surface area contributed by atoms with Gasteiger partial charge in [0.15, 0.2) is 10.9 Å². The fraction of sp³-hybridized carbons (Fsp3) is 0.154. The van der Waals surface area contributed by atoms with Crippen LogP contribution in [0, 0.1) is 10.1 Å². The lowest BCUT2D eigenvalue weighted by atomic mass is 10.0. The maximum absolute atomic E-state index is 13.3. The molecule has 2 rings (SSSR count). The maximum Gasteiger partial charge on any atom is 0.417 e. The Labute approximate surface area is 121 Å². The molecular weight excluding hydrogens is 305 g/mol. The quantitative estimate of drug-likeness (QED) is 0.635. The minimum Gasteiger partial charge on any atom is -0.496 e. The third kappa shape index (κ3) is 3.25. The molecule has 9 heteroatoms.